The molecule has 2 unspecified atom stereocenters. The average molecular weight is 339 g/mol. The predicted molar refractivity (Wildman–Crippen MR) is 90.4 cm³/mol. The van der Waals surface area contributed by atoms with Crippen molar-refractivity contribution in [3.63, 3.8) is 0 Å². The second kappa shape index (κ2) is 6.95. The highest BCUT2D eigenvalue weighted by atomic mass is 16.6. The largest absolute Gasteiger partial charge is 0.481 e. The maximum atomic E-state index is 13.1. The minimum absolute atomic E-state index is 0.105. The first-order chi connectivity index (χ1) is 10.8. The van der Waals surface area contributed by atoms with Crippen LogP contribution >= 0.6 is 0 Å². The summed E-state index contributed by atoms with van der Waals surface area (Å²) in [4.78, 5) is 38.2. The zero-order valence-electron chi connectivity index (χ0n) is 15.5. The monoisotopic (exact) mass is 339 g/mol. The molecular formula is C18H29NO5. The Morgan fingerprint density at radius 1 is 1.38 bits per heavy atom. The van der Waals surface area contributed by atoms with E-state index in [0.717, 1.165) is 4.90 Å². The van der Waals surface area contributed by atoms with Gasteiger partial charge in [0, 0.05) is 6.54 Å². The highest BCUT2D eigenvalue weighted by molar-refractivity contribution is 6.00. The van der Waals surface area contributed by atoms with E-state index in [1.807, 2.05) is 13.8 Å². The van der Waals surface area contributed by atoms with E-state index in [4.69, 9.17) is 4.74 Å². The minimum Gasteiger partial charge on any atom is -0.481 e. The topological polar surface area (TPSA) is 83.9 Å². The fraction of sp³-hybridized carbons (Fsp3) is 0.722. The molecule has 0 aromatic rings. The molecule has 1 aliphatic heterocycles. The van der Waals surface area contributed by atoms with Crippen molar-refractivity contribution >= 4 is 18.0 Å². The van der Waals surface area contributed by atoms with E-state index in [0.29, 0.717) is 18.4 Å². The van der Waals surface area contributed by atoms with E-state index in [-0.39, 0.29) is 12.5 Å². The van der Waals surface area contributed by atoms with Gasteiger partial charge in [-0.15, -0.1) is 0 Å². The molecule has 1 rings (SSSR count). The van der Waals surface area contributed by atoms with E-state index >= 15 is 0 Å². The third kappa shape index (κ3) is 4.16. The Morgan fingerprint density at radius 2 is 1.92 bits per heavy atom. The summed E-state index contributed by atoms with van der Waals surface area (Å²) in [6.07, 6.45) is -0.0360. The van der Waals surface area contributed by atoms with Crippen LogP contribution in [-0.4, -0.2) is 40.1 Å². The van der Waals surface area contributed by atoms with Crippen LogP contribution in [0.5, 0.6) is 0 Å². The molecule has 2 atom stereocenters. The van der Waals surface area contributed by atoms with Crippen molar-refractivity contribution in [3.8, 4) is 0 Å². The number of hydrogen-bond donors (Lipinski definition) is 1. The first kappa shape index (κ1) is 20.2. The van der Waals surface area contributed by atoms with Crippen LogP contribution in [0.3, 0.4) is 0 Å². The second-order valence-corrected chi connectivity index (χ2v) is 8.06. The molecular weight excluding hydrogens is 310 g/mol. The zero-order chi connectivity index (χ0) is 18.9. The Labute approximate surface area is 143 Å². The summed E-state index contributed by atoms with van der Waals surface area (Å²) in [5, 5.41) is 9.66. The molecule has 0 spiro atoms. The lowest BCUT2D eigenvalue weighted by Gasteiger charge is -2.35. The standard InChI is InChI=1S/C18H29NO5/c1-11(2)10-18(13(12(3)4)14(20)21)8-9-19(15(18)22)16(23)24-17(5,6)7/h11,13H,3,8-10H2,1-2,4-7H3,(H,20,21). The Kier molecular flexibility index (Phi) is 5.85. The fourth-order valence-corrected chi connectivity index (χ4v) is 3.50. The highest BCUT2D eigenvalue weighted by Crippen LogP contribution is 2.47. The van der Waals surface area contributed by atoms with Gasteiger partial charge in [-0.1, -0.05) is 26.0 Å². The minimum atomic E-state index is -1.15. The van der Waals surface area contributed by atoms with Gasteiger partial charge in [0.15, 0.2) is 0 Å². The van der Waals surface area contributed by atoms with Gasteiger partial charge < -0.3 is 9.84 Å². The van der Waals surface area contributed by atoms with Gasteiger partial charge in [0.25, 0.3) is 0 Å². The Morgan fingerprint density at radius 3 is 2.29 bits per heavy atom. The highest BCUT2D eigenvalue weighted by Gasteiger charge is 2.56. The van der Waals surface area contributed by atoms with Crippen LogP contribution in [-0.2, 0) is 14.3 Å². The molecule has 0 saturated carbocycles. The second-order valence-electron chi connectivity index (χ2n) is 8.06. The van der Waals surface area contributed by atoms with Crippen LogP contribution in [0.4, 0.5) is 4.79 Å². The van der Waals surface area contributed by atoms with Crippen molar-refractivity contribution in [2.24, 2.45) is 17.3 Å². The van der Waals surface area contributed by atoms with Crippen LogP contribution in [0.2, 0.25) is 0 Å². The molecule has 0 aromatic carbocycles. The van der Waals surface area contributed by atoms with Gasteiger partial charge in [-0.25, -0.2) is 9.69 Å². The predicted octanol–water partition coefficient (Wildman–Crippen LogP) is 3.46. The summed E-state index contributed by atoms with van der Waals surface area (Å²) in [5.74, 6) is -2.46. The summed E-state index contributed by atoms with van der Waals surface area (Å²) in [6, 6.07) is 0. The van der Waals surface area contributed by atoms with Gasteiger partial charge in [-0.2, -0.15) is 0 Å². The van der Waals surface area contributed by atoms with Gasteiger partial charge >= 0.3 is 12.1 Å². The number of likely N-dealkylation sites (tertiary alicyclic amines) is 1. The van der Waals surface area contributed by atoms with Gasteiger partial charge in [0.1, 0.15) is 5.60 Å². The van der Waals surface area contributed by atoms with Crippen LogP contribution in [0.1, 0.15) is 54.4 Å². The molecule has 6 heteroatoms. The summed E-state index contributed by atoms with van der Waals surface area (Å²) in [7, 11) is 0. The van der Waals surface area contributed by atoms with Crippen molar-refractivity contribution in [2.75, 3.05) is 6.54 Å². The third-order valence-electron chi connectivity index (χ3n) is 4.13. The number of carbonyl (C=O) groups excluding carboxylic acids is 2. The van der Waals surface area contributed by atoms with Crippen molar-refractivity contribution < 1.29 is 24.2 Å². The number of hydrogen-bond acceptors (Lipinski definition) is 4. The van der Waals surface area contributed by atoms with Gasteiger partial charge in [0.2, 0.25) is 5.91 Å². The maximum absolute atomic E-state index is 13.1. The lowest BCUT2D eigenvalue weighted by molar-refractivity contribution is -0.152. The first-order valence-corrected chi connectivity index (χ1v) is 8.25. The molecule has 0 bridgehead atoms. The smallest absolute Gasteiger partial charge is 0.417 e. The Hall–Kier alpha value is -1.85. The Balaban J connectivity index is 3.24. The van der Waals surface area contributed by atoms with E-state index < -0.39 is 34.9 Å². The molecule has 136 valence electrons. The quantitative estimate of drug-likeness (QED) is 0.775. The number of carboxylic acid groups (broad SMARTS) is 1. The molecule has 1 heterocycles. The first-order valence-electron chi connectivity index (χ1n) is 8.25. The summed E-state index contributed by atoms with van der Waals surface area (Å²) in [6.45, 7) is 14.6. The van der Waals surface area contributed by atoms with Crippen LogP contribution in [0.15, 0.2) is 12.2 Å². The molecule has 0 aliphatic carbocycles. The summed E-state index contributed by atoms with van der Waals surface area (Å²) < 4.78 is 5.29. The lowest BCUT2D eigenvalue weighted by atomic mass is 9.66. The molecule has 1 N–H and O–H groups in total. The van der Waals surface area contributed by atoms with Gasteiger partial charge in [0.05, 0.1) is 11.3 Å². The third-order valence-corrected chi connectivity index (χ3v) is 4.13. The van der Waals surface area contributed by atoms with Gasteiger partial charge in [-0.05, 0) is 46.5 Å². The van der Waals surface area contributed by atoms with E-state index in [2.05, 4.69) is 6.58 Å². The number of aliphatic carboxylic acids is 1. The number of rotatable bonds is 5. The van der Waals surface area contributed by atoms with Crippen molar-refractivity contribution in [1.82, 2.24) is 4.90 Å². The van der Waals surface area contributed by atoms with Crippen LogP contribution < -0.4 is 0 Å². The summed E-state index contributed by atoms with van der Waals surface area (Å²) in [5.41, 5.74) is -1.45. The van der Waals surface area contributed by atoms with E-state index in [1.54, 1.807) is 27.7 Å². The fourth-order valence-electron chi connectivity index (χ4n) is 3.50. The zero-order valence-corrected chi connectivity index (χ0v) is 15.5. The Bertz CT molecular complexity index is 532. The lowest BCUT2D eigenvalue weighted by Crippen LogP contribution is -2.47. The van der Waals surface area contributed by atoms with Crippen molar-refractivity contribution in [2.45, 2.75) is 60.0 Å². The van der Waals surface area contributed by atoms with E-state index in [9.17, 15) is 19.5 Å². The molecule has 1 aliphatic rings. The molecule has 6 nitrogen and oxygen atoms in total. The summed E-state index contributed by atoms with van der Waals surface area (Å²) >= 11 is 0. The number of carbonyl (C=O) groups is 3. The van der Waals surface area contributed by atoms with Crippen LogP contribution in [0.25, 0.3) is 0 Å². The molecule has 24 heavy (non-hydrogen) atoms. The number of carboxylic acids is 1. The van der Waals surface area contributed by atoms with Gasteiger partial charge in [-0.3, -0.25) is 9.59 Å². The molecule has 1 saturated heterocycles. The van der Waals surface area contributed by atoms with E-state index in [1.165, 1.54) is 0 Å². The van der Waals surface area contributed by atoms with Crippen molar-refractivity contribution in [3.05, 3.63) is 12.2 Å². The number of imide groups is 1. The normalized spacial score (nSPS) is 22.6. The van der Waals surface area contributed by atoms with Crippen LogP contribution in [0, 0.1) is 17.3 Å². The molecule has 0 radical (unpaired) electrons. The number of nitrogens with zero attached hydrogens (tertiary/aromatic N) is 1. The molecule has 2 amide bonds. The number of amides is 2. The number of ether oxygens (including phenoxy) is 1. The van der Waals surface area contributed by atoms with Crippen molar-refractivity contribution in [1.29, 1.82) is 0 Å². The molecule has 1 fully saturated rings. The molecule has 0 aromatic heterocycles. The average Bonchev–Trinajstić information content (AvgIpc) is 2.63. The maximum Gasteiger partial charge on any atom is 0.417 e. The SMILES string of the molecule is C=C(C)C(C(=O)O)C1(CC(C)C)CCN(C(=O)OC(C)(C)C)C1=O.